The van der Waals surface area contributed by atoms with Gasteiger partial charge in [-0.05, 0) is 24.3 Å². The van der Waals surface area contributed by atoms with Crippen molar-refractivity contribution < 1.29 is 19.2 Å². The van der Waals surface area contributed by atoms with Crippen molar-refractivity contribution in [1.29, 1.82) is 0 Å². The molecule has 25 heavy (non-hydrogen) atoms. The molecular formula is C18H23N3O4. The summed E-state index contributed by atoms with van der Waals surface area (Å²) in [5.74, 6) is -0.761. The summed E-state index contributed by atoms with van der Waals surface area (Å²) in [6.45, 7) is 1.85. The second-order valence-corrected chi connectivity index (χ2v) is 6.74. The number of carbonyl (C=O) groups is 3. The van der Waals surface area contributed by atoms with E-state index in [4.69, 9.17) is 4.84 Å². The lowest BCUT2D eigenvalue weighted by molar-refractivity contribution is -0.142. The summed E-state index contributed by atoms with van der Waals surface area (Å²) in [5.41, 5.74) is 2.35. The van der Waals surface area contributed by atoms with Gasteiger partial charge in [0.15, 0.2) is 0 Å². The van der Waals surface area contributed by atoms with Gasteiger partial charge < -0.3 is 5.32 Å². The Balaban J connectivity index is 1.54. The molecule has 134 valence electrons. The zero-order valence-electron chi connectivity index (χ0n) is 14.3. The molecule has 2 fully saturated rings. The van der Waals surface area contributed by atoms with Gasteiger partial charge in [-0.3, -0.25) is 19.3 Å². The third-order valence-corrected chi connectivity index (χ3v) is 5.07. The average Bonchev–Trinajstić information content (AvgIpc) is 2.84. The number of carbonyl (C=O) groups excluding carboxylic acids is 3. The Hall–Kier alpha value is -2.41. The summed E-state index contributed by atoms with van der Waals surface area (Å²) in [6, 6.07) is 8.88. The topological polar surface area (TPSA) is 87.7 Å². The van der Waals surface area contributed by atoms with Crippen molar-refractivity contribution in [3.8, 4) is 0 Å². The average molecular weight is 345 g/mol. The maximum atomic E-state index is 12.8. The first-order chi connectivity index (χ1) is 12.0. The predicted octanol–water partition coefficient (Wildman–Crippen LogP) is 1.74. The van der Waals surface area contributed by atoms with E-state index in [1.165, 1.54) is 0 Å². The molecule has 2 aliphatic rings. The van der Waals surface area contributed by atoms with Crippen LogP contribution in [0.4, 0.5) is 4.79 Å². The van der Waals surface area contributed by atoms with Gasteiger partial charge in [-0.15, -0.1) is 0 Å². The lowest BCUT2D eigenvalue weighted by Crippen LogP contribution is -2.54. The SMILES string of the molecule is C[C@@H]1CCCC[C@@]12NC(=O)N(CC(=O)NOCc1ccccc1)C2=O. The Labute approximate surface area is 146 Å². The van der Waals surface area contributed by atoms with E-state index in [0.717, 1.165) is 29.7 Å². The Morgan fingerprint density at radius 2 is 2.08 bits per heavy atom. The first-order valence-corrected chi connectivity index (χ1v) is 8.61. The summed E-state index contributed by atoms with van der Waals surface area (Å²) in [5, 5.41) is 2.82. The standard InChI is InChI=1S/C18H23N3O4/c1-13-7-5-6-10-18(13)16(23)21(17(24)19-18)11-15(22)20-25-12-14-8-3-2-4-9-14/h2-4,8-9,13H,5-7,10-12H2,1H3,(H,19,24)(H,20,22)/t13-,18-/m1/s1. The van der Waals surface area contributed by atoms with E-state index in [-0.39, 0.29) is 25.0 Å². The summed E-state index contributed by atoms with van der Waals surface area (Å²) in [6.07, 6.45) is 3.48. The van der Waals surface area contributed by atoms with Crippen LogP contribution >= 0.6 is 0 Å². The Morgan fingerprint density at radius 3 is 2.80 bits per heavy atom. The molecule has 1 aromatic carbocycles. The van der Waals surface area contributed by atoms with Gasteiger partial charge in [0.1, 0.15) is 12.1 Å². The van der Waals surface area contributed by atoms with E-state index in [1.807, 2.05) is 37.3 Å². The van der Waals surface area contributed by atoms with Crippen molar-refractivity contribution in [2.24, 2.45) is 5.92 Å². The fourth-order valence-electron chi connectivity index (χ4n) is 3.59. The highest BCUT2D eigenvalue weighted by atomic mass is 16.6. The molecule has 3 rings (SSSR count). The van der Waals surface area contributed by atoms with Crippen LogP contribution < -0.4 is 10.8 Å². The molecule has 4 amide bonds. The first-order valence-electron chi connectivity index (χ1n) is 8.61. The molecule has 0 unspecified atom stereocenters. The monoisotopic (exact) mass is 345 g/mol. The molecule has 7 heteroatoms. The third kappa shape index (κ3) is 3.51. The molecular weight excluding hydrogens is 322 g/mol. The number of hydrogen-bond donors (Lipinski definition) is 2. The highest BCUT2D eigenvalue weighted by Crippen LogP contribution is 2.38. The van der Waals surface area contributed by atoms with E-state index in [1.54, 1.807) is 0 Å². The third-order valence-electron chi connectivity index (χ3n) is 5.07. The Bertz CT molecular complexity index is 664. The number of rotatable bonds is 5. The van der Waals surface area contributed by atoms with Gasteiger partial charge in [0.25, 0.3) is 11.8 Å². The number of nitrogens with one attached hydrogen (secondary N) is 2. The Morgan fingerprint density at radius 1 is 1.32 bits per heavy atom. The minimum absolute atomic E-state index is 0.0695. The molecule has 7 nitrogen and oxygen atoms in total. The van der Waals surface area contributed by atoms with Gasteiger partial charge in [-0.1, -0.05) is 50.1 Å². The molecule has 2 atom stereocenters. The Kier molecular flexibility index (Phi) is 5.03. The van der Waals surface area contributed by atoms with E-state index in [0.29, 0.717) is 6.42 Å². The predicted molar refractivity (Wildman–Crippen MR) is 90.0 cm³/mol. The van der Waals surface area contributed by atoms with Gasteiger partial charge in [0.2, 0.25) is 0 Å². The van der Waals surface area contributed by atoms with Gasteiger partial charge in [0.05, 0.1) is 6.61 Å². The molecule has 0 radical (unpaired) electrons. The molecule has 0 bridgehead atoms. The van der Waals surface area contributed by atoms with Gasteiger partial charge >= 0.3 is 6.03 Å². The van der Waals surface area contributed by atoms with Crippen molar-refractivity contribution in [2.45, 2.75) is 44.8 Å². The lowest BCUT2D eigenvalue weighted by Gasteiger charge is -2.36. The fraction of sp³-hybridized carbons (Fsp3) is 0.500. The summed E-state index contributed by atoms with van der Waals surface area (Å²) >= 11 is 0. The number of nitrogens with zero attached hydrogens (tertiary/aromatic N) is 1. The number of hydrogen-bond acceptors (Lipinski definition) is 4. The maximum absolute atomic E-state index is 12.8. The first kappa shape index (κ1) is 17.4. The molecule has 1 saturated heterocycles. The van der Waals surface area contributed by atoms with Gasteiger partial charge in [0, 0.05) is 0 Å². The van der Waals surface area contributed by atoms with Crippen LogP contribution in [0.3, 0.4) is 0 Å². The summed E-state index contributed by atoms with van der Waals surface area (Å²) in [4.78, 5) is 43.1. The quantitative estimate of drug-likeness (QED) is 0.628. The molecule has 0 aromatic heterocycles. The number of imide groups is 1. The normalized spacial score (nSPS) is 26.0. The van der Waals surface area contributed by atoms with E-state index in [2.05, 4.69) is 10.8 Å². The highest BCUT2D eigenvalue weighted by molar-refractivity contribution is 6.09. The van der Waals surface area contributed by atoms with Gasteiger partial charge in [-0.25, -0.2) is 10.3 Å². The van der Waals surface area contributed by atoms with Crippen LogP contribution in [0.2, 0.25) is 0 Å². The minimum Gasteiger partial charge on any atom is -0.323 e. The maximum Gasteiger partial charge on any atom is 0.325 e. The van der Waals surface area contributed by atoms with Crippen LogP contribution in [0.1, 0.15) is 38.2 Å². The fourth-order valence-corrected chi connectivity index (χ4v) is 3.59. The van der Waals surface area contributed by atoms with Crippen LogP contribution in [0.5, 0.6) is 0 Å². The molecule has 2 N–H and O–H groups in total. The van der Waals surface area contributed by atoms with Crippen molar-refractivity contribution in [2.75, 3.05) is 6.54 Å². The zero-order chi connectivity index (χ0) is 17.9. The number of urea groups is 1. The van der Waals surface area contributed by atoms with Crippen LogP contribution in [0, 0.1) is 5.92 Å². The zero-order valence-corrected chi connectivity index (χ0v) is 14.3. The molecule has 1 heterocycles. The van der Waals surface area contributed by atoms with Gasteiger partial charge in [-0.2, -0.15) is 0 Å². The summed E-state index contributed by atoms with van der Waals surface area (Å²) in [7, 11) is 0. The highest BCUT2D eigenvalue weighted by Gasteiger charge is 2.55. The molecule has 1 aromatic rings. The molecule has 1 spiro atoms. The smallest absolute Gasteiger partial charge is 0.323 e. The summed E-state index contributed by atoms with van der Waals surface area (Å²) < 4.78 is 0. The van der Waals surface area contributed by atoms with Crippen LogP contribution in [-0.2, 0) is 21.0 Å². The lowest BCUT2D eigenvalue weighted by atomic mass is 9.73. The van der Waals surface area contributed by atoms with E-state index < -0.39 is 17.5 Å². The minimum atomic E-state index is -0.847. The van der Waals surface area contributed by atoms with Crippen LogP contribution in [-0.4, -0.2) is 34.8 Å². The van der Waals surface area contributed by atoms with E-state index in [9.17, 15) is 14.4 Å². The second-order valence-electron chi connectivity index (χ2n) is 6.74. The second kappa shape index (κ2) is 7.23. The molecule has 1 aliphatic carbocycles. The molecule has 1 aliphatic heterocycles. The largest absolute Gasteiger partial charge is 0.325 e. The van der Waals surface area contributed by atoms with Crippen molar-refractivity contribution in [1.82, 2.24) is 15.7 Å². The number of hydroxylamine groups is 1. The van der Waals surface area contributed by atoms with Crippen LogP contribution in [0.15, 0.2) is 30.3 Å². The van der Waals surface area contributed by atoms with E-state index >= 15 is 0 Å². The van der Waals surface area contributed by atoms with Crippen molar-refractivity contribution >= 4 is 17.8 Å². The van der Waals surface area contributed by atoms with Crippen molar-refractivity contribution in [3.63, 3.8) is 0 Å². The number of benzene rings is 1. The van der Waals surface area contributed by atoms with Crippen molar-refractivity contribution in [3.05, 3.63) is 35.9 Å². The van der Waals surface area contributed by atoms with Crippen LogP contribution in [0.25, 0.3) is 0 Å². The molecule has 1 saturated carbocycles. The number of amides is 4.